The molecule has 0 radical (unpaired) electrons. The van der Waals surface area contributed by atoms with Crippen LogP contribution in [-0.2, 0) is 10.2 Å². The molecule has 0 fully saturated rings. The smallest absolute Gasteiger partial charge is 0.222 e. The fourth-order valence-corrected chi connectivity index (χ4v) is 4.15. The molecule has 0 spiro atoms. The Morgan fingerprint density at radius 3 is 2.55 bits per heavy atom. The van der Waals surface area contributed by atoms with Gasteiger partial charge in [-0.15, -0.1) is 11.3 Å². The normalized spacial score (nSPS) is 11.2. The Balaban J connectivity index is 1.79. The predicted molar refractivity (Wildman–Crippen MR) is 121 cm³/mol. The minimum absolute atomic E-state index is 0.180. The minimum Gasteiger partial charge on any atom is -0.344 e. The molecule has 0 aliphatic carbocycles. The van der Waals surface area contributed by atoms with Crippen LogP contribution in [0.5, 0.6) is 0 Å². The van der Waals surface area contributed by atoms with E-state index in [0.717, 1.165) is 38.1 Å². The molecule has 4 aromatic rings. The quantitative estimate of drug-likeness (QED) is 0.464. The van der Waals surface area contributed by atoms with Gasteiger partial charge in [0.05, 0.1) is 22.1 Å². The Hall–Kier alpha value is -3.83. The van der Waals surface area contributed by atoms with E-state index in [2.05, 4.69) is 26.3 Å². The molecule has 0 saturated heterocycles. The molecule has 0 saturated carbocycles. The van der Waals surface area contributed by atoms with Crippen molar-refractivity contribution < 1.29 is 4.79 Å². The van der Waals surface area contributed by atoms with Crippen molar-refractivity contribution in [1.29, 1.82) is 5.26 Å². The van der Waals surface area contributed by atoms with Crippen molar-refractivity contribution in [1.82, 2.24) is 19.9 Å². The first-order chi connectivity index (χ1) is 14.9. The van der Waals surface area contributed by atoms with Crippen molar-refractivity contribution in [2.45, 2.75) is 26.2 Å². The zero-order valence-electron chi connectivity index (χ0n) is 17.3. The summed E-state index contributed by atoms with van der Waals surface area (Å²) in [5.41, 5.74) is 2.97. The molecule has 2 N–H and O–H groups in total. The fraction of sp³-hybridized carbons (Fsp3) is 0.174. The molecule has 3 aromatic heterocycles. The number of nitrogens with one attached hydrogen (secondary N) is 2. The lowest BCUT2D eigenvalue weighted by Crippen LogP contribution is -2.13. The lowest BCUT2D eigenvalue weighted by Gasteiger charge is -2.15. The minimum atomic E-state index is -0.563. The van der Waals surface area contributed by atoms with E-state index < -0.39 is 5.41 Å². The molecule has 0 bridgehead atoms. The van der Waals surface area contributed by atoms with Crippen molar-refractivity contribution in [3.63, 3.8) is 0 Å². The molecule has 8 heteroatoms. The van der Waals surface area contributed by atoms with Gasteiger partial charge in [0.15, 0.2) is 0 Å². The van der Waals surface area contributed by atoms with Gasteiger partial charge in [0.25, 0.3) is 0 Å². The Morgan fingerprint density at radius 2 is 1.90 bits per heavy atom. The number of aromatic nitrogens is 4. The highest BCUT2D eigenvalue weighted by Crippen LogP contribution is 2.40. The lowest BCUT2D eigenvalue weighted by molar-refractivity contribution is -0.114. The molecule has 31 heavy (non-hydrogen) atoms. The van der Waals surface area contributed by atoms with Crippen LogP contribution < -0.4 is 5.32 Å². The van der Waals surface area contributed by atoms with E-state index in [4.69, 9.17) is 4.98 Å². The molecule has 7 nitrogen and oxygen atoms in total. The number of benzene rings is 1. The van der Waals surface area contributed by atoms with Crippen LogP contribution in [0.1, 0.15) is 26.3 Å². The highest BCUT2D eigenvalue weighted by Gasteiger charge is 2.21. The number of nitriles is 1. The summed E-state index contributed by atoms with van der Waals surface area (Å²) in [5.74, 6) is 1.03. The second-order valence-corrected chi connectivity index (χ2v) is 8.56. The maximum atomic E-state index is 11.4. The van der Waals surface area contributed by atoms with Crippen molar-refractivity contribution in [3.05, 3.63) is 60.6 Å². The topological polar surface area (TPSA) is 107 Å². The van der Waals surface area contributed by atoms with Gasteiger partial charge in [0, 0.05) is 36.6 Å². The highest BCUT2D eigenvalue weighted by atomic mass is 32.1. The van der Waals surface area contributed by atoms with Crippen LogP contribution in [-0.4, -0.2) is 25.8 Å². The van der Waals surface area contributed by atoms with E-state index in [1.165, 1.54) is 18.3 Å². The molecule has 3 heterocycles. The van der Waals surface area contributed by atoms with Gasteiger partial charge in [-0.2, -0.15) is 5.26 Å². The molecule has 0 aliphatic heterocycles. The summed E-state index contributed by atoms with van der Waals surface area (Å²) >= 11 is 1.51. The number of H-pyrrole nitrogens is 1. The lowest BCUT2D eigenvalue weighted by atomic mass is 9.86. The third-order valence-corrected chi connectivity index (χ3v) is 5.92. The van der Waals surface area contributed by atoms with Crippen LogP contribution in [0.2, 0.25) is 0 Å². The molecular weight excluding hydrogens is 408 g/mol. The average molecular weight is 429 g/mol. The summed E-state index contributed by atoms with van der Waals surface area (Å²) in [6.45, 7) is 5.24. The van der Waals surface area contributed by atoms with Crippen LogP contribution in [0.3, 0.4) is 0 Å². The van der Waals surface area contributed by atoms with E-state index in [-0.39, 0.29) is 5.91 Å². The standard InChI is InChI=1S/C23H20N6OS/c1-14(30)28-18-12-16(8-9-25-18)22-29-19(20(31-22)21-26-10-11-27-21)15-4-6-17(7-5-15)23(2,3)13-24/h4-12H,1-3H3,(H,26,27)(H,25,28,30). The van der Waals surface area contributed by atoms with Gasteiger partial charge in [0.1, 0.15) is 16.6 Å². The number of amides is 1. The van der Waals surface area contributed by atoms with E-state index in [0.29, 0.717) is 5.82 Å². The Bertz CT molecular complexity index is 1270. The zero-order chi connectivity index (χ0) is 22.0. The first-order valence-corrected chi connectivity index (χ1v) is 10.5. The maximum Gasteiger partial charge on any atom is 0.222 e. The molecule has 4 rings (SSSR count). The number of nitrogens with zero attached hydrogens (tertiary/aromatic N) is 4. The molecular formula is C23H20N6OS. The summed E-state index contributed by atoms with van der Waals surface area (Å²) in [5, 5.41) is 12.9. The second-order valence-electron chi connectivity index (χ2n) is 7.56. The summed E-state index contributed by atoms with van der Waals surface area (Å²) in [6.07, 6.45) is 5.13. The van der Waals surface area contributed by atoms with Crippen molar-refractivity contribution in [2.24, 2.45) is 0 Å². The number of thiazole rings is 1. The number of hydrogen-bond donors (Lipinski definition) is 2. The van der Waals surface area contributed by atoms with E-state index in [1.807, 2.05) is 44.2 Å². The van der Waals surface area contributed by atoms with Crippen LogP contribution in [0.4, 0.5) is 5.82 Å². The summed E-state index contributed by atoms with van der Waals surface area (Å²) in [6, 6.07) is 13.9. The SMILES string of the molecule is CC(=O)Nc1cc(-c2nc(-c3ccc(C(C)(C)C#N)cc3)c(-c3ncc[nH]3)s2)ccn1. The molecule has 154 valence electrons. The largest absolute Gasteiger partial charge is 0.344 e. The monoisotopic (exact) mass is 428 g/mol. The van der Waals surface area contributed by atoms with Crippen LogP contribution in [0.15, 0.2) is 55.0 Å². The van der Waals surface area contributed by atoms with Crippen molar-refractivity contribution in [3.8, 4) is 38.6 Å². The predicted octanol–water partition coefficient (Wildman–Crippen LogP) is 5.02. The fourth-order valence-electron chi connectivity index (χ4n) is 3.11. The van der Waals surface area contributed by atoms with Gasteiger partial charge in [-0.3, -0.25) is 4.79 Å². The number of hydrogen-bond acceptors (Lipinski definition) is 6. The molecule has 1 amide bonds. The first-order valence-electron chi connectivity index (χ1n) is 9.64. The third-order valence-electron chi connectivity index (χ3n) is 4.81. The maximum absolute atomic E-state index is 11.4. The summed E-state index contributed by atoms with van der Waals surface area (Å²) < 4.78 is 0. The van der Waals surface area contributed by atoms with Crippen molar-refractivity contribution in [2.75, 3.05) is 5.32 Å². The van der Waals surface area contributed by atoms with Gasteiger partial charge in [-0.1, -0.05) is 24.3 Å². The van der Waals surface area contributed by atoms with Gasteiger partial charge < -0.3 is 10.3 Å². The number of rotatable bonds is 5. The Morgan fingerprint density at radius 1 is 1.13 bits per heavy atom. The number of carbonyl (C=O) groups is 1. The van der Waals surface area contributed by atoms with E-state index >= 15 is 0 Å². The van der Waals surface area contributed by atoms with E-state index in [1.54, 1.807) is 24.7 Å². The number of anilines is 1. The highest BCUT2D eigenvalue weighted by molar-refractivity contribution is 7.18. The second kappa shape index (κ2) is 8.13. The molecule has 0 aliphatic rings. The number of carbonyl (C=O) groups excluding carboxylic acids is 1. The van der Waals surface area contributed by atoms with Gasteiger partial charge in [0.2, 0.25) is 5.91 Å². The average Bonchev–Trinajstić information content (AvgIpc) is 3.43. The third kappa shape index (κ3) is 4.22. The Kier molecular flexibility index (Phi) is 5.36. The van der Waals surface area contributed by atoms with Gasteiger partial charge in [-0.05, 0) is 31.5 Å². The molecule has 1 aromatic carbocycles. The number of aromatic amines is 1. The summed E-state index contributed by atoms with van der Waals surface area (Å²) in [7, 11) is 0. The zero-order valence-corrected chi connectivity index (χ0v) is 18.1. The summed E-state index contributed by atoms with van der Waals surface area (Å²) in [4.78, 5) is 28.9. The molecule has 0 atom stereocenters. The van der Waals surface area contributed by atoms with Crippen LogP contribution >= 0.6 is 11.3 Å². The Labute approximate surface area is 183 Å². The van der Waals surface area contributed by atoms with Crippen molar-refractivity contribution >= 4 is 23.1 Å². The van der Waals surface area contributed by atoms with Crippen LogP contribution in [0.25, 0.3) is 32.5 Å². The van der Waals surface area contributed by atoms with Gasteiger partial charge in [-0.25, -0.2) is 15.0 Å². The van der Waals surface area contributed by atoms with E-state index in [9.17, 15) is 10.1 Å². The first kappa shape index (κ1) is 20.4. The van der Waals surface area contributed by atoms with Crippen LogP contribution in [0, 0.1) is 11.3 Å². The number of imidazole rings is 1. The molecule has 0 unspecified atom stereocenters. The van der Waals surface area contributed by atoms with Gasteiger partial charge >= 0.3 is 0 Å². The number of pyridine rings is 1.